The van der Waals surface area contributed by atoms with Gasteiger partial charge in [-0.25, -0.2) is 5.43 Å². The molecule has 3 rings (SSSR count). The molecule has 0 bridgehead atoms. The molecule has 0 radical (unpaired) electrons. The van der Waals surface area contributed by atoms with Gasteiger partial charge in [-0.3, -0.25) is 4.79 Å². The van der Waals surface area contributed by atoms with Crippen LogP contribution in [0.3, 0.4) is 0 Å². The molecule has 1 aliphatic rings. The highest BCUT2D eigenvalue weighted by Crippen LogP contribution is 2.30. The van der Waals surface area contributed by atoms with Gasteiger partial charge in [0.25, 0.3) is 5.91 Å². The van der Waals surface area contributed by atoms with Gasteiger partial charge in [0.1, 0.15) is 12.4 Å². The van der Waals surface area contributed by atoms with E-state index in [2.05, 4.69) is 10.5 Å². The van der Waals surface area contributed by atoms with E-state index in [1.165, 1.54) is 0 Å². The lowest BCUT2D eigenvalue weighted by Gasteiger charge is -2.24. The van der Waals surface area contributed by atoms with Gasteiger partial charge in [-0.15, -0.1) is 0 Å². The minimum Gasteiger partial charge on any atom is -0.491 e. The topological polar surface area (TPSA) is 69.2 Å². The molecule has 130 valence electrons. The molecular formula is C19H20N2O4. The van der Waals surface area contributed by atoms with Gasteiger partial charge in [0, 0.05) is 0 Å². The molecule has 1 heterocycles. The molecule has 0 aliphatic carbocycles. The Morgan fingerprint density at radius 2 is 1.92 bits per heavy atom. The van der Waals surface area contributed by atoms with E-state index in [0.717, 1.165) is 11.3 Å². The number of para-hydroxylation sites is 2. The van der Waals surface area contributed by atoms with Crippen LogP contribution in [0.1, 0.15) is 19.4 Å². The van der Waals surface area contributed by atoms with Crippen molar-refractivity contribution in [3.63, 3.8) is 0 Å². The van der Waals surface area contributed by atoms with Gasteiger partial charge in [-0.1, -0.05) is 12.1 Å². The highest BCUT2D eigenvalue weighted by atomic mass is 16.6. The van der Waals surface area contributed by atoms with Crippen LogP contribution in [0.2, 0.25) is 0 Å². The Bertz CT molecular complexity index is 756. The Hall–Kier alpha value is -3.02. The van der Waals surface area contributed by atoms with E-state index < -0.39 is 6.10 Å². The summed E-state index contributed by atoms with van der Waals surface area (Å²) in [4.78, 5) is 12.1. The van der Waals surface area contributed by atoms with E-state index in [1.54, 1.807) is 18.3 Å². The molecule has 0 saturated heterocycles. The van der Waals surface area contributed by atoms with Crippen molar-refractivity contribution in [3.05, 3.63) is 54.1 Å². The number of nitrogens with zero attached hydrogens (tertiary/aromatic N) is 1. The van der Waals surface area contributed by atoms with Crippen LogP contribution in [0.5, 0.6) is 17.2 Å². The summed E-state index contributed by atoms with van der Waals surface area (Å²) >= 11 is 0. The molecule has 2 aromatic carbocycles. The first-order valence-corrected chi connectivity index (χ1v) is 8.10. The summed E-state index contributed by atoms with van der Waals surface area (Å²) < 4.78 is 16.7. The Balaban J connectivity index is 1.53. The number of carbonyl (C=O) groups excluding carboxylic acids is 1. The van der Waals surface area contributed by atoms with Crippen LogP contribution in [0.4, 0.5) is 0 Å². The molecule has 0 unspecified atom stereocenters. The number of hydrogen-bond donors (Lipinski definition) is 1. The normalized spacial score (nSPS) is 16.0. The third-order valence-corrected chi connectivity index (χ3v) is 3.44. The van der Waals surface area contributed by atoms with Crippen LogP contribution < -0.4 is 19.6 Å². The molecule has 1 N–H and O–H groups in total. The summed E-state index contributed by atoms with van der Waals surface area (Å²) in [6.45, 7) is 4.10. The van der Waals surface area contributed by atoms with Gasteiger partial charge < -0.3 is 14.2 Å². The number of ether oxygens (including phenoxy) is 3. The van der Waals surface area contributed by atoms with Crippen LogP contribution >= 0.6 is 0 Å². The zero-order valence-electron chi connectivity index (χ0n) is 14.1. The van der Waals surface area contributed by atoms with Gasteiger partial charge in [0.05, 0.1) is 12.3 Å². The summed E-state index contributed by atoms with van der Waals surface area (Å²) in [5.41, 5.74) is 3.32. The van der Waals surface area contributed by atoms with E-state index in [-0.39, 0.29) is 18.6 Å². The number of benzene rings is 2. The molecule has 0 fully saturated rings. The summed E-state index contributed by atoms with van der Waals surface area (Å²) in [5, 5.41) is 3.96. The van der Waals surface area contributed by atoms with Crippen molar-refractivity contribution in [2.45, 2.75) is 26.1 Å². The average Bonchev–Trinajstić information content (AvgIpc) is 2.62. The van der Waals surface area contributed by atoms with E-state index in [1.807, 2.05) is 50.2 Å². The van der Waals surface area contributed by atoms with Crippen molar-refractivity contribution < 1.29 is 19.0 Å². The van der Waals surface area contributed by atoms with Crippen molar-refractivity contribution in [1.29, 1.82) is 0 Å². The van der Waals surface area contributed by atoms with Gasteiger partial charge >= 0.3 is 0 Å². The molecule has 2 aromatic rings. The monoisotopic (exact) mass is 340 g/mol. The smallest absolute Gasteiger partial charge is 0.284 e. The minimum absolute atomic E-state index is 0.127. The lowest BCUT2D eigenvalue weighted by Crippen LogP contribution is -2.42. The number of fused-ring (bicyclic) bond motifs is 1. The summed E-state index contributed by atoms with van der Waals surface area (Å²) in [6, 6.07) is 14.7. The number of nitrogens with one attached hydrogen (secondary N) is 1. The van der Waals surface area contributed by atoms with Gasteiger partial charge in [-0.2, -0.15) is 5.10 Å². The average molecular weight is 340 g/mol. The molecule has 6 heteroatoms. The Morgan fingerprint density at radius 1 is 1.20 bits per heavy atom. The van der Waals surface area contributed by atoms with E-state index >= 15 is 0 Å². The van der Waals surface area contributed by atoms with Crippen molar-refractivity contribution in [3.8, 4) is 17.2 Å². The summed E-state index contributed by atoms with van der Waals surface area (Å²) in [6.07, 6.45) is 0.963. The van der Waals surface area contributed by atoms with Crippen LogP contribution in [-0.2, 0) is 4.79 Å². The molecule has 0 saturated carbocycles. The lowest BCUT2D eigenvalue weighted by molar-refractivity contribution is -0.130. The predicted molar refractivity (Wildman–Crippen MR) is 94.3 cm³/mol. The molecule has 1 atom stereocenters. The number of amides is 1. The predicted octanol–water partition coefficient (Wildman–Crippen LogP) is 2.76. The fraction of sp³-hybridized carbons (Fsp3) is 0.263. The first-order chi connectivity index (χ1) is 12.1. The molecule has 25 heavy (non-hydrogen) atoms. The quantitative estimate of drug-likeness (QED) is 0.671. The second-order valence-electron chi connectivity index (χ2n) is 5.83. The largest absolute Gasteiger partial charge is 0.491 e. The van der Waals surface area contributed by atoms with E-state index in [4.69, 9.17) is 14.2 Å². The fourth-order valence-corrected chi connectivity index (χ4v) is 2.30. The van der Waals surface area contributed by atoms with Crippen LogP contribution in [0.25, 0.3) is 0 Å². The third kappa shape index (κ3) is 4.50. The first-order valence-electron chi connectivity index (χ1n) is 8.10. The Labute approximate surface area is 146 Å². The Kier molecular flexibility index (Phi) is 5.18. The summed E-state index contributed by atoms with van der Waals surface area (Å²) in [5.74, 6) is 1.63. The van der Waals surface area contributed by atoms with Crippen LogP contribution in [0, 0.1) is 0 Å². The van der Waals surface area contributed by atoms with Crippen molar-refractivity contribution in [2.75, 3.05) is 6.61 Å². The molecule has 6 nitrogen and oxygen atoms in total. The van der Waals surface area contributed by atoms with Crippen molar-refractivity contribution >= 4 is 12.1 Å². The maximum atomic E-state index is 12.1. The second kappa shape index (κ2) is 7.70. The third-order valence-electron chi connectivity index (χ3n) is 3.44. The molecule has 1 aliphatic heterocycles. The highest BCUT2D eigenvalue weighted by molar-refractivity contribution is 5.85. The molecule has 1 amide bonds. The van der Waals surface area contributed by atoms with Gasteiger partial charge in [0.15, 0.2) is 11.5 Å². The van der Waals surface area contributed by atoms with Crippen LogP contribution in [0.15, 0.2) is 53.6 Å². The number of rotatable bonds is 5. The molecule has 0 spiro atoms. The second-order valence-corrected chi connectivity index (χ2v) is 5.83. The number of hydrazone groups is 1. The maximum Gasteiger partial charge on any atom is 0.284 e. The fourth-order valence-electron chi connectivity index (χ4n) is 2.30. The maximum absolute atomic E-state index is 12.1. The first kappa shape index (κ1) is 16.8. The molecular weight excluding hydrogens is 320 g/mol. The SMILES string of the molecule is CC(C)Oc1ccc(/C=N\NC(=O)[C@H]2COc3ccccc3O2)cc1. The summed E-state index contributed by atoms with van der Waals surface area (Å²) in [7, 11) is 0. The Morgan fingerprint density at radius 3 is 2.64 bits per heavy atom. The minimum atomic E-state index is -0.728. The zero-order chi connectivity index (χ0) is 17.6. The highest BCUT2D eigenvalue weighted by Gasteiger charge is 2.26. The van der Waals surface area contributed by atoms with Gasteiger partial charge in [0.2, 0.25) is 6.10 Å². The number of hydrogen-bond acceptors (Lipinski definition) is 5. The standard InChI is InChI=1S/C19H20N2O4/c1-13(2)24-15-9-7-14(8-10-15)11-20-21-19(22)18-12-23-16-5-3-4-6-17(16)25-18/h3-11,13,18H,12H2,1-2H3,(H,21,22)/b20-11-/t18-/m1/s1. The number of carbonyl (C=O) groups is 1. The van der Waals surface area contributed by atoms with E-state index in [0.29, 0.717) is 11.5 Å². The lowest BCUT2D eigenvalue weighted by atomic mass is 10.2. The van der Waals surface area contributed by atoms with Gasteiger partial charge in [-0.05, 0) is 55.8 Å². The van der Waals surface area contributed by atoms with Crippen molar-refractivity contribution in [2.24, 2.45) is 5.10 Å². The van der Waals surface area contributed by atoms with Crippen LogP contribution in [-0.4, -0.2) is 30.9 Å². The molecule has 0 aromatic heterocycles. The zero-order valence-corrected chi connectivity index (χ0v) is 14.1. The van der Waals surface area contributed by atoms with Crippen molar-refractivity contribution in [1.82, 2.24) is 5.43 Å². The van der Waals surface area contributed by atoms with E-state index in [9.17, 15) is 4.79 Å².